The van der Waals surface area contributed by atoms with Crippen molar-refractivity contribution in [3.8, 4) is 0 Å². The molecule has 1 aliphatic rings. The number of thiophene rings is 1. The average Bonchev–Trinajstić information content (AvgIpc) is 2.92. The number of rotatable bonds is 2. The monoisotopic (exact) mass is 273 g/mol. The molecule has 3 rings (SSSR count). The van der Waals surface area contributed by atoms with Gasteiger partial charge in [0.05, 0.1) is 12.5 Å². The lowest BCUT2D eigenvalue weighted by Crippen LogP contribution is -2.37. The quantitative estimate of drug-likeness (QED) is 0.914. The maximum Gasteiger partial charge on any atom is 0.232 e. The van der Waals surface area contributed by atoms with Gasteiger partial charge in [0.15, 0.2) is 0 Å². The molecule has 19 heavy (non-hydrogen) atoms. The van der Waals surface area contributed by atoms with E-state index in [-0.39, 0.29) is 5.91 Å². The summed E-state index contributed by atoms with van der Waals surface area (Å²) < 4.78 is 0. The van der Waals surface area contributed by atoms with Crippen LogP contribution in [0.1, 0.15) is 23.0 Å². The molecule has 98 valence electrons. The van der Waals surface area contributed by atoms with E-state index in [1.807, 2.05) is 41.8 Å². The third-order valence-corrected chi connectivity index (χ3v) is 4.30. The van der Waals surface area contributed by atoms with E-state index < -0.39 is 6.10 Å². The zero-order chi connectivity index (χ0) is 13.2. The summed E-state index contributed by atoms with van der Waals surface area (Å²) in [7, 11) is 0. The molecule has 2 aromatic rings. The Bertz CT molecular complexity index is 580. The molecule has 1 aromatic carbocycles. The Morgan fingerprint density at radius 2 is 2.16 bits per heavy atom. The summed E-state index contributed by atoms with van der Waals surface area (Å²) in [6.07, 6.45) is 0.581. The second-order valence-electron chi connectivity index (χ2n) is 4.66. The molecule has 1 atom stereocenters. The van der Waals surface area contributed by atoms with E-state index in [9.17, 15) is 9.90 Å². The van der Waals surface area contributed by atoms with Gasteiger partial charge in [-0.2, -0.15) is 0 Å². The fourth-order valence-corrected chi connectivity index (χ4v) is 3.16. The number of amides is 1. The van der Waals surface area contributed by atoms with Crippen molar-refractivity contribution in [1.82, 2.24) is 0 Å². The number of hydrogen-bond acceptors (Lipinski definition) is 3. The van der Waals surface area contributed by atoms with Crippen LogP contribution in [0.25, 0.3) is 0 Å². The Morgan fingerprint density at radius 1 is 1.32 bits per heavy atom. The fraction of sp³-hybridized carbons (Fsp3) is 0.267. The molecule has 0 fully saturated rings. The van der Waals surface area contributed by atoms with E-state index in [2.05, 4.69) is 0 Å². The third kappa shape index (κ3) is 2.41. The number of benzene rings is 1. The molecule has 4 heteroatoms. The van der Waals surface area contributed by atoms with Crippen LogP contribution in [0.4, 0.5) is 5.69 Å². The summed E-state index contributed by atoms with van der Waals surface area (Å²) >= 11 is 1.60. The Kier molecular flexibility index (Phi) is 3.36. The highest BCUT2D eigenvalue weighted by atomic mass is 32.1. The van der Waals surface area contributed by atoms with Crippen LogP contribution in [0.2, 0.25) is 0 Å². The lowest BCUT2D eigenvalue weighted by Gasteiger charge is -2.32. The molecule has 0 aliphatic carbocycles. The van der Waals surface area contributed by atoms with Crippen LogP contribution in [0.5, 0.6) is 0 Å². The van der Waals surface area contributed by atoms with Crippen molar-refractivity contribution in [3.63, 3.8) is 0 Å². The Morgan fingerprint density at radius 3 is 2.95 bits per heavy atom. The second kappa shape index (κ2) is 5.15. The van der Waals surface area contributed by atoms with Gasteiger partial charge in [0, 0.05) is 22.7 Å². The molecule has 1 N–H and O–H groups in total. The Labute approximate surface area is 116 Å². The summed E-state index contributed by atoms with van der Waals surface area (Å²) in [5.74, 6) is 0.0989. The summed E-state index contributed by atoms with van der Waals surface area (Å²) in [4.78, 5) is 15.3. The van der Waals surface area contributed by atoms with Gasteiger partial charge in [0.25, 0.3) is 0 Å². The van der Waals surface area contributed by atoms with Crippen LogP contribution in [-0.2, 0) is 11.2 Å². The van der Waals surface area contributed by atoms with Crippen molar-refractivity contribution in [2.45, 2.75) is 18.9 Å². The van der Waals surface area contributed by atoms with Gasteiger partial charge in [0.2, 0.25) is 5.91 Å². The first-order valence-corrected chi connectivity index (χ1v) is 7.23. The standard InChI is InChI=1S/C15H15NO2S/c17-14-7-8-16(13-6-2-1-5-12(13)14)15(18)10-11-4-3-9-19-11/h1-6,9,14,17H,7-8,10H2. The van der Waals surface area contributed by atoms with Gasteiger partial charge >= 0.3 is 0 Å². The topological polar surface area (TPSA) is 40.5 Å². The number of aliphatic hydroxyl groups is 1. The van der Waals surface area contributed by atoms with Gasteiger partial charge in [0.1, 0.15) is 0 Å². The molecular formula is C15H15NO2S. The van der Waals surface area contributed by atoms with E-state index in [1.165, 1.54) is 0 Å². The molecule has 0 saturated heterocycles. The summed E-state index contributed by atoms with van der Waals surface area (Å²) in [5, 5.41) is 12.0. The van der Waals surface area contributed by atoms with E-state index >= 15 is 0 Å². The lowest BCUT2D eigenvalue weighted by molar-refractivity contribution is -0.118. The van der Waals surface area contributed by atoms with Crippen molar-refractivity contribution in [2.24, 2.45) is 0 Å². The third-order valence-electron chi connectivity index (χ3n) is 3.42. The molecule has 0 bridgehead atoms. The van der Waals surface area contributed by atoms with Gasteiger partial charge in [-0.25, -0.2) is 0 Å². The predicted octanol–water partition coefficient (Wildman–Crippen LogP) is 2.76. The normalized spacial score (nSPS) is 18.2. The maximum absolute atomic E-state index is 12.4. The molecule has 0 spiro atoms. The van der Waals surface area contributed by atoms with Crippen molar-refractivity contribution in [3.05, 3.63) is 52.2 Å². The molecule has 1 aliphatic heterocycles. The van der Waals surface area contributed by atoms with Crippen molar-refractivity contribution in [1.29, 1.82) is 0 Å². The highest BCUT2D eigenvalue weighted by molar-refractivity contribution is 7.10. The van der Waals surface area contributed by atoms with Crippen LogP contribution in [0.3, 0.4) is 0 Å². The lowest BCUT2D eigenvalue weighted by atomic mass is 9.98. The minimum atomic E-state index is -0.456. The van der Waals surface area contributed by atoms with Gasteiger partial charge < -0.3 is 10.0 Å². The molecular weight excluding hydrogens is 258 g/mol. The first-order chi connectivity index (χ1) is 9.25. The molecule has 0 radical (unpaired) electrons. The number of anilines is 1. The van der Waals surface area contributed by atoms with E-state index in [1.54, 1.807) is 16.2 Å². The fourth-order valence-electron chi connectivity index (χ4n) is 2.46. The minimum Gasteiger partial charge on any atom is -0.388 e. The van der Waals surface area contributed by atoms with E-state index in [4.69, 9.17) is 0 Å². The van der Waals surface area contributed by atoms with Crippen molar-refractivity contribution < 1.29 is 9.90 Å². The SMILES string of the molecule is O=C(Cc1cccs1)N1CCC(O)c2ccccc21. The molecule has 1 amide bonds. The van der Waals surface area contributed by atoms with Crippen molar-refractivity contribution >= 4 is 22.9 Å². The van der Waals surface area contributed by atoms with Gasteiger partial charge in [-0.1, -0.05) is 24.3 Å². The van der Waals surface area contributed by atoms with Crippen LogP contribution < -0.4 is 4.90 Å². The van der Waals surface area contributed by atoms with Gasteiger partial charge in [-0.05, 0) is 23.9 Å². The zero-order valence-corrected chi connectivity index (χ0v) is 11.3. The van der Waals surface area contributed by atoms with Crippen LogP contribution in [0, 0.1) is 0 Å². The number of nitrogens with zero attached hydrogens (tertiary/aromatic N) is 1. The number of fused-ring (bicyclic) bond motifs is 1. The second-order valence-corrected chi connectivity index (χ2v) is 5.70. The highest BCUT2D eigenvalue weighted by Gasteiger charge is 2.27. The van der Waals surface area contributed by atoms with E-state index in [0.29, 0.717) is 19.4 Å². The number of hydrogen-bond donors (Lipinski definition) is 1. The molecule has 1 aromatic heterocycles. The highest BCUT2D eigenvalue weighted by Crippen LogP contribution is 2.33. The maximum atomic E-state index is 12.4. The molecule has 3 nitrogen and oxygen atoms in total. The largest absolute Gasteiger partial charge is 0.388 e. The first kappa shape index (κ1) is 12.4. The van der Waals surface area contributed by atoms with Gasteiger partial charge in [-0.3, -0.25) is 4.79 Å². The van der Waals surface area contributed by atoms with E-state index in [0.717, 1.165) is 16.1 Å². The first-order valence-electron chi connectivity index (χ1n) is 6.35. The van der Waals surface area contributed by atoms with Crippen LogP contribution >= 0.6 is 11.3 Å². The number of aliphatic hydroxyl groups excluding tert-OH is 1. The molecule has 2 heterocycles. The van der Waals surface area contributed by atoms with Crippen LogP contribution in [-0.4, -0.2) is 17.6 Å². The molecule has 0 saturated carbocycles. The number of carbonyl (C=O) groups is 1. The Hall–Kier alpha value is -1.65. The average molecular weight is 273 g/mol. The molecule has 1 unspecified atom stereocenters. The van der Waals surface area contributed by atoms with Gasteiger partial charge in [-0.15, -0.1) is 11.3 Å². The number of carbonyl (C=O) groups excluding carboxylic acids is 1. The van der Waals surface area contributed by atoms with Crippen molar-refractivity contribution in [2.75, 3.05) is 11.4 Å². The summed E-state index contributed by atoms with van der Waals surface area (Å²) in [6, 6.07) is 11.5. The zero-order valence-electron chi connectivity index (χ0n) is 10.5. The Balaban J connectivity index is 1.86. The smallest absolute Gasteiger partial charge is 0.232 e. The summed E-state index contributed by atoms with van der Waals surface area (Å²) in [5.41, 5.74) is 1.70. The summed E-state index contributed by atoms with van der Waals surface area (Å²) in [6.45, 7) is 0.586. The van der Waals surface area contributed by atoms with Crippen LogP contribution in [0.15, 0.2) is 41.8 Å². The minimum absolute atomic E-state index is 0.0989. The predicted molar refractivity (Wildman–Crippen MR) is 76.4 cm³/mol. The number of para-hydroxylation sites is 1.